The Morgan fingerprint density at radius 2 is 1.88 bits per heavy atom. The van der Waals surface area contributed by atoms with Crippen molar-refractivity contribution in [3.8, 4) is 0 Å². The van der Waals surface area contributed by atoms with E-state index in [-0.39, 0.29) is 37.4 Å². The molecule has 2 aromatic rings. The molecule has 1 atom stereocenters. The van der Waals surface area contributed by atoms with Crippen LogP contribution in [0.5, 0.6) is 0 Å². The Bertz CT molecular complexity index is 751. The fourth-order valence-corrected chi connectivity index (χ4v) is 2.74. The third kappa shape index (κ3) is 4.22. The van der Waals surface area contributed by atoms with Crippen molar-refractivity contribution in [3.05, 3.63) is 71.5 Å². The van der Waals surface area contributed by atoms with Crippen LogP contribution >= 0.6 is 0 Å². The molecule has 2 amide bonds. The van der Waals surface area contributed by atoms with Crippen LogP contribution in [0.15, 0.2) is 54.6 Å². The first-order chi connectivity index (χ1) is 12.1. The zero-order valence-electron chi connectivity index (χ0n) is 13.7. The maximum atomic E-state index is 13.7. The molecule has 1 unspecified atom stereocenters. The van der Waals surface area contributed by atoms with Gasteiger partial charge in [0.15, 0.2) is 0 Å². The van der Waals surface area contributed by atoms with Gasteiger partial charge in [-0.2, -0.15) is 0 Å². The summed E-state index contributed by atoms with van der Waals surface area (Å²) >= 11 is 0. The molecular formula is C19H19FN2O3. The molecule has 1 N–H and O–H groups in total. The summed E-state index contributed by atoms with van der Waals surface area (Å²) < 4.78 is 18.9. The lowest BCUT2D eigenvalue weighted by atomic mass is 10.1. The van der Waals surface area contributed by atoms with Crippen LogP contribution in [-0.2, 0) is 27.4 Å². The first-order valence-corrected chi connectivity index (χ1v) is 8.07. The Morgan fingerprint density at radius 1 is 1.16 bits per heavy atom. The van der Waals surface area contributed by atoms with Crippen LogP contribution in [0.25, 0.3) is 0 Å². The molecule has 1 aliphatic rings. The van der Waals surface area contributed by atoms with Crippen molar-refractivity contribution in [1.82, 2.24) is 10.2 Å². The van der Waals surface area contributed by atoms with E-state index in [1.165, 1.54) is 11.0 Å². The number of halogens is 1. The Morgan fingerprint density at radius 3 is 2.64 bits per heavy atom. The smallest absolute Gasteiger partial charge is 0.249 e. The van der Waals surface area contributed by atoms with E-state index in [2.05, 4.69) is 5.32 Å². The van der Waals surface area contributed by atoms with Gasteiger partial charge >= 0.3 is 0 Å². The molecule has 1 aliphatic heterocycles. The lowest BCUT2D eigenvalue weighted by Gasteiger charge is -2.34. The summed E-state index contributed by atoms with van der Waals surface area (Å²) in [6, 6.07) is 15.0. The van der Waals surface area contributed by atoms with Gasteiger partial charge in [0.2, 0.25) is 11.8 Å². The summed E-state index contributed by atoms with van der Waals surface area (Å²) in [5, 5.41) is 2.69. The second kappa shape index (κ2) is 7.90. The highest BCUT2D eigenvalue weighted by atomic mass is 19.1. The Balaban J connectivity index is 1.68. The third-order valence-corrected chi connectivity index (χ3v) is 4.11. The molecule has 3 rings (SSSR count). The highest BCUT2D eigenvalue weighted by Crippen LogP contribution is 2.14. The van der Waals surface area contributed by atoms with Crippen molar-refractivity contribution in [2.24, 2.45) is 0 Å². The summed E-state index contributed by atoms with van der Waals surface area (Å²) in [4.78, 5) is 26.2. The minimum absolute atomic E-state index is 0.0378. The molecule has 1 heterocycles. The molecule has 5 nitrogen and oxygen atoms in total. The van der Waals surface area contributed by atoms with Crippen molar-refractivity contribution < 1.29 is 18.7 Å². The number of hydrogen-bond donors (Lipinski definition) is 1. The molecular weight excluding hydrogens is 323 g/mol. The molecule has 0 bridgehead atoms. The number of hydrogen-bond acceptors (Lipinski definition) is 3. The lowest BCUT2D eigenvalue weighted by Crippen LogP contribution is -2.55. The van der Waals surface area contributed by atoms with E-state index in [9.17, 15) is 14.0 Å². The Hall–Kier alpha value is -2.73. The summed E-state index contributed by atoms with van der Waals surface area (Å²) in [5.74, 6) is -0.965. The molecule has 0 aromatic heterocycles. The second-order valence-corrected chi connectivity index (χ2v) is 5.85. The second-order valence-electron chi connectivity index (χ2n) is 5.85. The average molecular weight is 342 g/mol. The van der Waals surface area contributed by atoms with E-state index in [0.29, 0.717) is 12.1 Å². The third-order valence-electron chi connectivity index (χ3n) is 4.11. The SMILES string of the molecule is O=C(NCc1ccccc1F)C1COCC(=O)N1Cc1ccccc1. The molecule has 1 fully saturated rings. The standard InChI is InChI=1S/C19H19FN2O3/c20-16-9-5-4-8-15(16)10-21-19(24)17-12-25-13-18(23)22(17)11-14-6-2-1-3-7-14/h1-9,17H,10-13H2,(H,21,24). The summed E-state index contributed by atoms with van der Waals surface area (Å²) in [6.07, 6.45) is 0. The molecule has 0 aliphatic carbocycles. The zero-order chi connectivity index (χ0) is 17.6. The van der Waals surface area contributed by atoms with Gasteiger partial charge in [0.05, 0.1) is 6.61 Å². The molecule has 2 aromatic carbocycles. The monoisotopic (exact) mass is 342 g/mol. The number of nitrogens with zero attached hydrogens (tertiary/aromatic N) is 1. The Kier molecular flexibility index (Phi) is 5.40. The quantitative estimate of drug-likeness (QED) is 0.902. The number of benzene rings is 2. The molecule has 6 heteroatoms. The highest BCUT2D eigenvalue weighted by molar-refractivity contribution is 5.89. The molecule has 130 valence electrons. The lowest BCUT2D eigenvalue weighted by molar-refractivity contribution is -0.155. The molecule has 0 spiro atoms. The predicted molar refractivity (Wildman–Crippen MR) is 89.8 cm³/mol. The largest absolute Gasteiger partial charge is 0.369 e. The van der Waals surface area contributed by atoms with Crippen molar-refractivity contribution in [3.63, 3.8) is 0 Å². The topological polar surface area (TPSA) is 58.6 Å². The zero-order valence-corrected chi connectivity index (χ0v) is 13.7. The van der Waals surface area contributed by atoms with E-state index in [0.717, 1.165) is 5.56 Å². The number of morpholine rings is 1. The molecule has 25 heavy (non-hydrogen) atoms. The molecule has 0 radical (unpaired) electrons. The average Bonchev–Trinajstić information content (AvgIpc) is 2.63. The van der Waals surface area contributed by atoms with Crippen LogP contribution in [0, 0.1) is 5.82 Å². The van der Waals surface area contributed by atoms with Gasteiger partial charge in [0.25, 0.3) is 0 Å². The van der Waals surface area contributed by atoms with Gasteiger partial charge in [-0.1, -0.05) is 48.5 Å². The van der Waals surface area contributed by atoms with Crippen molar-refractivity contribution in [2.75, 3.05) is 13.2 Å². The van der Waals surface area contributed by atoms with Gasteiger partial charge in [0, 0.05) is 18.7 Å². The number of rotatable bonds is 5. The minimum atomic E-state index is -0.728. The first-order valence-electron chi connectivity index (χ1n) is 8.07. The van der Waals surface area contributed by atoms with E-state index < -0.39 is 6.04 Å². The van der Waals surface area contributed by atoms with Gasteiger partial charge in [-0.05, 0) is 11.6 Å². The van der Waals surface area contributed by atoms with Gasteiger partial charge < -0.3 is 15.0 Å². The normalized spacial score (nSPS) is 17.4. The Labute approximate surface area is 145 Å². The predicted octanol–water partition coefficient (Wildman–Crippen LogP) is 1.87. The van der Waals surface area contributed by atoms with E-state index in [4.69, 9.17) is 4.74 Å². The van der Waals surface area contributed by atoms with Gasteiger partial charge in [0.1, 0.15) is 18.5 Å². The number of nitrogens with one attached hydrogen (secondary N) is 1. The van der Waals surface area contributed by atoms with Gasteiger partial charge in [-0.3, -0.25) is 9.59 Å². The van der Waals surface area contributed by atoms with Crippen LogP contribution in [0.3, 0.4) is 0 Å². The fourth-order valence-electron chi connectivity index (χ4n) is 2.74. The minimum Gasteiger partial charge on any atom is -0.369 e. The van der Waals surface area contributed by atoms with Crippen molar-refractivity contribution in [2.45, 2.75) is 19.1 Å². The van der Waals surface area contributed by atoms with Crippen LogP contribution < -0.4 is 5.32 Å². The van der Waals surface area contributed by atoms with E-state index in [1.54, 1.807) is 18.2 Å². The van der Waals surface area contributed by atoms with E-state index >= 15 is 0 Å². The number of carbonyl (C=O) groups excluding carboxylic acids is 2. The van der Waals surface area contributed by atoms with E-state index in [1.807, 2.05) is 30.3 Å². The van der Waals surface area contributed by atoms with Crippen LogP contribution in [0.4, 0.5) is 4.39 Å². The van der Waals surface area contributed by atoms with Crippen LogP contribution in [0.1, 0.15) is 11.1 Å². The maximum absolute atomic E-state index is 13.7. The van der Waals surface area contributed by atoms with Crippen molar-refractivity contribution in [1.29, 1.82) is 0 Å². The summed E-state index contributed by atoms with van der Waals surface area (Å²) in [6.45, 7) is 0.488. The number of carbonyl (C=O) groups is 2. The number of amides is 2. The molecule has 0 saturated carbocycles. The summed E-state index contributed by atoms with van der Waals surface area (Å²) in [7, 11) is 0. The highest BCUT2D eigenvalue weighted by Gasteiger charge is 2.33. The van der Waals surface area contributed by atoms with Crippen LogP contribution in [0.2, 0.25) is 0 Å². The van der Waals surface area contributed by atoms with Crippen molar-refractivity contribution >= 4 is 11.8 Å². The fraction of sp³-hybridized carbons (Fsp3) is 0.263. The van der Waals surface area contributed by atoms with Gasteiger partial charge in [-0.25, -0.2) is 4.39 Å². The van der Waals surface area contributed by atoms with Gasteiger partial charge in [-0.15, -0.1) is 0 Å². The summed E-state index contributed by atoms with van der Waals surface area (Å²) in [5.41, 5.74) is 1.33. The number of ether oxygens (including phenoxy) is 1. The van der Waals surface area contributed by atoms with Crippen LogP contribution in [-0.4, -0.2) is 36.0 Å². The molecule has 1 saturated heterocycles. The maximum Gasteiger partial charge on any atom is 0.249 e. The first kappa shape index (κ1) is 17.1.